The summed E-state index contributed by atoms with van der Waals surface area (Å²) in [5, 5.41) is 7.83. The molecule has 2 saturated heterocycles. The lowest BCUT2D eigenvalue weighted by Crippen LogP contribution is -2.58. The number of likely N-dealkylation sites (tertiary alicyclic amines) is 1. The van der Waals surface area contributed by atoms with Gasteiger partial charge >= 0.3 is 0 Å². The number of aromatic nitrogens is 2. The van der Waals surface area contributed by atoms with Gasteiger partial charge in [-0.25, -0.2) is 23.1 Å². The van der Waals surface area contributed by atoms with Crippen molar-refractivity contribution in [1.29, 1.82) is 5.41 Å². The molecule has 0 radical (unpaired) electrons. The fourth-order valence-electron chi connectivity index (χ4n) is 4.39. The molecule has 1 aromatic carbocycles. The number of fused-ring (bicyclic) bond motifs is 1. The van der Waals surface area contributed by atoms with Gasteiger partial charge in [0.1, 0.15) is 0 Å². The Morgan fingerprint density at radius 2 is 2.06 bits per heavy atom. The van der Waals surface area contributed by atoms with Gasteiger partial charge in [0.25, 0.3) is 0 Å². The summed E-state index contributed by atoms with van der Waals surface area (Å²) < 4.78 is 32.1. The van der Waals surface area contributed by atoms with E-state index < -0.39 is 10.0 Å². The van der Waals surface area contributed by atoms with E-state index in [-0.39, 0.29) is 6.04 Å². The highest BCUT2D eigenvalue weighted by Crippen LogP contribution is 2.36. The number of nitrogens with two attached hydrogens (primary N) is 1. The van der Waals surface area contributed by atoms with Crippen molar-refractivity contribution < 1.29 is 13.2 Å². The minimum atomic E-state index is -3.19. The average Bonchev–Trinajstić information content (AvgIpc) is 3.19. The fourth-order valence-corrected chi connectivity index (χ4v) is 6.30. The van der Waals surface area contributed by atoms with Crippen molar-refractivity contribution in [2.75, 3.05) is 56.3 Å². The first-order chi connectivity index (χ1) is 16.3. The van der Waals surface area contributed by atoms with Crippen LogP contribution in [0.2, 0.25) is 0 Å². The molecule has 180 valence electrons. The van der Waals surface area contributed by atoms with Crippen molar-refractivity contribution in [1.82, 2.24) is 19.6 Å². The lowest BCUT2D eigenvalue weighted by atomic mass is 10.1. The van der Waals surface area contributed by atoms with Crippen LogP contribution >= 0.6 is 11.3 Å². The topological polar surface area (TPSA) is 138 Å². The number of rotatable bonds is 7. The predicted octanol–water partition coefficient (Wildman–Crippen LogP) is 1.51. The number of hydrogen-bond acceptors (Lipinski definition) is 10. The third-order valence-corrected chi connectivity index (χ3v) is 7.82. The second kappa shape index (κ2) is 9.19. The molecule has 2 aliphatic heterocycles. The first-order valence-electron chi connectivity index (χ1n) is 11.0. The number of nitrogen functional groups attached to an aromatic ring is 1. The van der Waals surface area contributed by atoms with Crippen molar-refractivity contribution >= 4 is 49.3 Å². The number of anilines is 2. The van der Waals surface area contributed by atoms with Crippen LogP contribution in [0.5, 0.6) is 0 Å². The summed E-state index contributed by atoms with van der Waals surface area (Å²) >= 11 is 1.67. The summed E-state index contributed by atoms with van der Waals surface area (Å²) in [6.45, 7) is 4.87. The Morgan fingerprint density at radius 3 is 2.76 bits per heavy atom. The molecule has 2 aliphatic rings. The molecule has 4 N–H and O–H groups in total. The quantitative estimate of drug-likeness (QED) is 0.327. The minimum Gasteiger partial charge on any atom is -0.398 e. The van der Waals surface area contributed by atoms with E-state index in [2.05, 4.69) is 20.6 Å². The van der Waals surface area contributed by atoms with Crippen LogP contribution in [0.4, 0.5) is 11.5 Å². The largest absolute Gasteiger partial charge is 0.398 e. The number of sulfonamides is 1. The van der Waals surface area contributed by atoms with E-state index in [1.165, 1.54) is 12.5 Å². The molecule has 0 bridgehead atoms. The van der Waals surface area contributed by atoms with Gasteiger partial charge in [0, 0.05) is 66.7 Å². The zero-order chi connectivity index (χ0) is 23.9. The molecule has 0 aliphatic carbocycles. The monoisotopic (exact) mass is 501 g/mol. The van der Waals surface area contributed by atoms with Crippen LogP contribution < -0.4 is 15.4 Å². The Balaban J connectivity index is 1.49. The molecule has 10 nitrogen and oxygen atoms in total. The molecular formula is C22H27N7O3S2. The van der Waals surface area contributed by atoms with Crippen LogP contribution in [0, 0.1) is 5.41 Å². The zero-order valence-electron chi connectivity index (χ0n) is 18.8. The molecule has 0 spiro atoms. The van der Waals surface area contributed by atoms with Crippen LogP contribution in [-0.2, 0) is 21.3 Å². The highest BCUT2D eigenvalue weighted by Gasteiger charge is 2.29. The van der Waals surface area contributed by atoms with Gasteiger partial charge in [0.15, 0.2) is 11.6 Å². The first-order valence-corrected chi connectivity index (χ1v) is 13.7. The zero-order valence-corrected chi connectivity index (χ0v) is 20.5. The van der Waals surface area contributed by atoms with Crippen LogP contribution in [0.3, 0.4) is 0 Å². The molecule has 0 amide bonds. The Labute approximate surface area is 202 Å². The van der Waals surface area contributed by atoms with E-state index in [0.717, 1.165) is 46.1 Å². The van der Waals surface area contributed by atoms with Crippen molar-refractivity contribution in [3.8, 4) is 11.4 Å². The van der Waals surface area contributed by atoms with E-state index in [0.29, 0.717) is 43.4 Å². The summed E-state index contributed by atoms with van der Waals surface area (Å²) in [5.74, 6) is 1.42. The molecule has 34 heavy (non-hydrogen) atoms. The van der Waals surface area contributed by atoms with Crippen LogP contribution in [0.15, 0.2) is 24.3 Å². The number of morpholine rings is 1. The lowest BCUT2D eigenvalue weighted by Gasteiger charge is -2.38. The lowest BCUT2D eigenvalue weighted by molar-refractivity contribution is 0.122. The highest BCUT2D eigenvalue weighted by molar-refractivity contribution is 7.88. The Morgan fingerprint density at radius 1 is 1.29 bits per heavy atom. The average molecular weight is 502 g/mol. The molecule has 3 aromatic rings. The standard InChI is InChI=1S/C22H27N7O3S2/c1-34(30,31)27-14-11-28(12-14)13-15-9-19-20(33-15)22(29-5-7-32-8-6-29)26-21(25-19)16-3-2-4-18(24)17(16)10-23/h2-4,9-10,14,23,27H,5-8,11-13,24H2,1H3. The van der Waals surface area contributed by atoms with E-state index in [1.807, 2.05) is 12.1 Å². The summed E-state index contributed by atoms with van der Waals surface area (Å²) in [4.78, 5) is 15.4. The molecule has 0 saturated carbocycles. The fraction of sp³-hybridized carbons (Fsp3) is 0.409. The predicted molar refractivity (Wildman–Crippen MR) is 135 cm³/mol. The van der Waals surface area contributed by atoms with Crippen LogP contribution in [0.1, 0.15) is 10.4 Å². The van der Waals surface area contributed by atoms with Crippen molar-refractivity contribution in [2.24, 2.45) is 0 Å². The SMILES string of the molecule is CS(=O)(=O)NC1CN(Cc2cc3nc(-c4cccc(N)c4C=N)nc(N4CCOCC4)c3s2)C1. The van der Waals surface area contributed by atoms with Crippen LogP contribution in [-0.4, -0.2) is 81.2 Å². The third kappa shape index (κ3) is 4.77. The van der Waals surface area contributed by atoms with Gasteiger partial charge in [0.2, 0.25) is 10.0 Å². The molecular weight excluding hydrogens is 474 g/mol. The van der Waals surface area contributed by atoms with Gasteiger partial charge in [-0.15, -0.1) is 11.3 Å². The summed E-state index contributed by atoms with van der Waals surface area (Å²) in [5.41, 5.74) is 8.83. The number of benzene rings is 1. The second-order valence-electron chi connectivity index (χ2n) is 8.63. The highest BCUT2D eigenvalue weighted by atomic mass is 32.2. The molecule has 0 atom stereocenters. The molecule has 12 heteroatoms. The van der Waals surface area contributed by atoms with E-state index in [4.69, 9.17) is 25.8 Å². The summed E-state index contributed by atoms with van der Waals surface area (Å²) in [7, 11) is -3.19. The van der Waals surface area contributed by atoms with Gasteiger partial charge in [0.05, 0.1) is 29.7 Å². The number of nitrogens with zero attached hydrogens (tertiary/aromatic N) is 4. The van der Waals surface area contributed by atoms with E-state index in [9.17, 15) is 8.42 Å². The Kier molecular flexibility index (Phi) is 6.25. The summed E-state index contributed by atoms with van der Waals surface area (Å²) in [6.07, 6.45) is 2.44. The van der Waals surface area contributed by atoms with Crippen molar-refractivity contribution in [2.45, 2.75) is 12.6 Å². The van der Waals surface area contributed by atoms with Crippen molar-refractivity contribution in [3.63, 3.8) is 0 Å². The third-order valence-electron chi connectivity index (χ3n) is 5.96. The first kappa shape index (κ1) is 23.1. The molecule has 2 fully saturated rings. The van der Waals surface area contributed by atoms with E-state index in [1.54, 1.807) is 17.4 Å². The number of ether oxygens (including phenoxy) is 1. The van der Waals surface area contributed by atoms with Gasteiger partial charge in [-0.2, -0.15) is 0 Å². The second-order valence-corrected chi connectivity index (χ2v) is 11.5. The van der Waals surface area contributed by atoms with Gasteiger partial charge < -0.3 is 20.8 Å². The van der Waals surface area contributed by atoms with Gasteiger partial charge in [-0.05, 0) is 12.1 Å². The van der Waals surface area contributed by atoms with Gasteiger partial charge in [-0.1, -0.05) is 12.1 Å². The minimum absolute atomic E-state index is 0.0391. The Hall–Kier alpha value is -2.64. The smallest absolute Gasteiger partial charge is 0.209 e. The Bertz CT molecular complexity index is 1330. The van der Waals surface area contributed by atoms with Crippen molar-refractivity contribution in [3.05, 3.63) is 34.7 Å². The maximum Gasteiger partial charge on any atom is 0.209 e. The molecule has 5 rings (SSSR count). The normalized spacial score (nSPS) is 17.7. The summed E-state index contributed by atoms with van der Waals surface area (Å²) in [6, 6.07) is 7.56. The van der Waals surface area contributed by atoms with Crippen LogP contribution in [0.25, 0.3) is 21.6 Å². The number of nitrogens with one attached hydrogen (secondary N) is 2. The molecule has 2 aromatic heterocycles. The maximum atomic E-state index is 11.4. The number of thiophene rings is 1. The molecule has 0 unspecified atom stereocenters. The van der Waals surface area contributed by atoms with Gasteiger partial charge in [-0.3, -0.25) is 4.90 Å². The number of hydrogen-bond donors (Lipinski definition) is 3. The maximum absolute atomic E-state index is 11.4. The van der Waals surface area contributed by atoms with E-state index >= 15 is 0 Å². The molecule has 4 heterocycles.